The number of carboxylic acid groups (broad SMARTS) is 1. The number of hydrogen-bond donors (Lipinski definition) is 2. The van der Waals surface area contributed by atoms with Crippen molar-refractivity contribution in [1.29, 1.82) is 0 Å². The van der Waals surface area contributed by atoms with Gasteiger partial charge in [0.15, 0.2) is 0 Å². The Kier molecular flexibility index (Phi) is 11.1. The molecular weight excluding hydrogens is 330 g/mol. The third-order valence-electron chi connectivity index (χ3n) is 4.01. The zero-order chi connectivity index (χ0) is 17.8. The highest BCUT2D eigenvalue weighted by molar-refractivity contribution is 8.00. The molecule has 0 spiro atoms. The maximum atomic E-state index is 12.0. The average molecular weight is 362 g/mol. The highest BCUT2D eigenvalue weighted by Crippen LogP contribution is 2.29. The maximum absolute atomic E-state index is 12.0. The van der Waals surface area contributed by atoms with Crippen LogP contribution in [0.3, 0.4) is 0 Å². The van der Waals surface area contributed by atoms with Crippen molar-refractivity contribution in [2.45, 2.75) is 69.8 Å². The number of nitrogens with zero attached hydrogens (tertiary/aromatic N) is 1. The number of rotatable bonds is 14. The molecule has 1 heterocycles. The smallest absolute Gasteiger partial charge is 0.303 e. The second-order valence-electron chi connectivity index (χ2n) is 6.22. The van der Waals surface area contributed by atoms with E-state index in [9.17, 15) is 14.7 Å². The number of carboxylic acids is 1. The van der Waals surface area contributed by atoms with Gasteiger partial charge in [0, 0.05) is 19.6 Å². The summed E-state index contributed by atoms with van der Waals surface area (Å²) in [5.74, 6) is -0.0542. The first-order valence-corrected chi connectivity index (χ1v) is 9.98. The molecule has 0 radical (unpaired) electrons. The number of hydrogen-bond acceptors (Lipinski definition) is 5. The second-order valence-corrected chi connectivity index (χ2v) is 7.38. The van der Waals surface area contributed by atoms with Gasteiger partial charge >= 0.3 is 5.97 Å². The summed E-state index contributed by atoms with van der Waals surface area (Å²) in [4.78, 5) is 24.4. The highest BCUT2D eigenvalue weighted by Gasteiger charge is 2.31. The summed E-state index contributed by atoms with van der Waals surface area (Å²) < 4.78 is 5.35. The van der Waals surface area contributed by atoms with E-state index in [-0.39, 0.29) is 17.7 Å². The standard InChI is InChI=1S/C17H31NO5S/c1-2-11-23-12-14(19)8-9-16-18(15(20)13-24-16)10-6-4-3-5-7-17(21)22/h14,16,19H,2-13H2,1H3,(H,21,22). The lowest BCUT2D eigenvalue weighted by Crippen LogP contribution is -2.34. The average Bonchev–Trinajstić information content (AvgIpc) is 2.89. The normalized spacial score (nSPS) is 19.0. The summed E-state index contributed by atoms with van der Waals surface area (Å²) in [7, 11) is 0. The van der Waals surface area contributed by atoms with Crippen LogP contribution in [0.25, 0.3) is 0 Å². The fraction of sp³-hybridized carbons (Fsp3) is 0.882. The van der Waals surface area contributed by atoms with Gasteiger partial charge < -0.3 is 19.8 Å². The first-order chi connectivity index (χ1) is 11.5. The van der Waals surface area contributed by atoms with Gasteiger partial charge in [0.05, 0.1) is 23.8 Å². The predicted molar refractivity (Wildman–Crippen MR) is 95.0 cm³/mol. The minimum absolute atomic E-state index is 0.150. The number of carbonyl (C=O) groups is 2. The number of aliphatic hydroxyl groups excluding tert-OH is 1. The van der Waals surface area contributed by atoms with E-state index in [1.165, 1.54) is 0 Å². The second kappa shape index (κ2) is 12.6. The number of amides is 1. The molecule has 24 heavy (non-hydrogen) atoms. The Morgan fingerprint density at radius 3 is 2.83 bits per heavy atom. The fourth-order valence-electron chi connectivity index (χ4n) is 2.70. The van der Waals surface area contributed by atoms with Crippen LogP contribution in [-0.2, 0) is 14.3 Å². The Labute approximate surface area is 148 Å². The summed E-state index contributed by atoms with van der Waals surface area (Å²) in [5.41, 5.74) is 0. The molecule has 1 aliphatic rings. The summed E-state index contributed by atoms with van der Waals surface area (Å²) >= 11 is 1.65. The van der Waals surface area contributed by atoms with E-state index >= 15 is 0 Å². The molecule has 1 fully saturated rings. The van der Waals surface area contributed by atoms with Gasteiger partial charge in [-0.15, -0.1) is 11.8 Å². The monoisotopic (exact) mass is 361 g/mol. The third-order valence-corrected chi connectivity index (χ3v) is 5.30. The van der Waals surface area contributed by atoms with Gasteiger partial charge in [-0.05, 0) is 32.1 Å². The molecule has 1 amide bonds. The van der Waals surface area contributed by atoms with E-state index in [0.717, 1.165) is 38.6 Å². The van der Waals surface area contributed by atoms with E-state index in [1.54, 1.807) is 11.8 Å². The van der Waals surface area contributed by atoms with Gasteiger partial charge in [-0.2, -0.15) is 0 Å². The molecule has 0 aromatic heterocycles. The number of aliphatic hydroxyl groups is 1. The molecule has 140 valence electrons. The van der Waals surface area contributed by atoms with Crippen molar-refractivity contribution in [3.05, 3.63) is 0 Å². The van der Waals surface area contributed by atoms with Gasteiger partial charge in [-0.3, -0.25) is 9.59 Å². The van der Waals surface area contributed by atoms with E-state index in [0.29, 0.717) is 31.8 Å². The molecule has 1 rings (SSSR count). The Hall–Kier alpha value is -0.790. The fourth-order valence-corrected chi connectivity index (χ4v) is 3.91. The zero-order valence-electron chi connectivity index (χ0n) is 14.6. The molecular formula is C17H31NO5S. The molecule has 6 nitrogen and oxygen atoms in total. The van der Waals surface area contributed by atoms with Gasteiger partial charge in [0.1, 0.15) is 0 Å². The van der Waals surface area contributed by atoms with Crippen molar-refractivity contribution in [2.75, 3.05) is 25.5 Å². The lowest BCUT2D eigenvalue weighted by molar-refractivity contribution is -0.137. The molecule has 1 saturated heterocycles. The minimum atomic E-state index is -0.748. The molecule has 0 aromatic rings. The van der Waals surface area contributed by atoms with Crippen LogP contribution in [0.4, 0.5) is 0 Å². The molecule has 0 aromatic carbocycles. The number of aliphatic carboxylic acids is 1. The van der Waals surface area contributed by atoms with Crippen LogP contribution in [-0.4, -0.2) is 64.0 Å². The molecule has 7 heteroatoms. The van der Waals surface area contributed by atoms with Gasteiger partial charge in [0.25, 0.3) is 0 Å². The van der Waals surface area contributed by atoms with Crippen LogP contribution in [0, 0.1) is 0 Å². The van der Waals surface area contributed by atoms with Gasteiger partial charge in [0.2, 0.25) is 5.91 Å². The summed E-state index contributed by atoms with van der Waals surface area (Å²) in [6.07, 6.45) is 5.57. The van der Waals surface area contributed by atoms with Crippen molar-refractivity contribution in [3.63, 3.8) is 0 Å². The Balaban J connectivity index is 2.19. The summed E-state index contributed by atoms with van der Waals surface area (Å²) in [6.45, 7) is 3.79. The van der Waals surface area contributed by atoms with Gasteiger partial charge in [-0.25, -0.2) is 0 Å². The van der Waals surface area contributed by atoms with Crippen LogP contribution in [0.2, 0.25) is 0 Å². The maximum Gasteiger partial charge on any atom is 0.303 e. The number of ether oxygens (including phenoxy) is 1. The largest absolute Gasteiger partial charge is 0.481 e. The van der Waals surface area contributed by atoms with E-state index in [1.807, 2.05) is 11.8 Å². The molecule has 2 atom stereocenters. The van der Waals surface area contributed by atoms with Crippen LogP contribution < -0.4 is 0 Å². The van der Waals surface area contributed by atoms with E-state index in [2.05, 4.69) is 0 Å². The lowest BCUT2D eigenvalue weighted by Gasteiger charge is -2.24. The lowest BCUT2D eigenvalue weighted by atomic mass is 10.1. The van der Waals surface area contributed by atoms with Crippen molar-refractivity contribution < 1.29 is 24.5 Å². The Bertz CT molecular complexity index is 380. The van der Waals surface area contributed by atoms with Crippen molar-refractivity contribution >= 4 is 23.6 Å². The minimum Gasteiger partial charge on any atom is -0.481 e. The predicted octanol–water partition coefficient (Wildman–Crippen LogP) is 2.49. The van der Waals surface area contributed by atoms with Crippen LogP contribution in [0.5, 0.6) is 0 Å². The zero-order valence-corrected chi connectivity index (χ0v) is 15.4. The Morgan fingerprint density at radius 1 is 1.38 bits per heavy atom. The van der Waals surface area contributed by atoms with Crippen molar-refractivity contribution in [1.82, 2.24) is 4.90 Å². The molecule has 2 unspecified atom stereocenters. The highest BCUT2D eigenvalue weighted by atomic mass is 32.2. The molecule has 0 bridgehead atoms. The van der Waals surface area contributed by atoms with Crippen LogP contribution >= 0.6 is 11.8 Å². The molecule has 2 N–H and O–H groups in total. The molecule has 0 aliphatic carbocycles. The topological polar surface area (TPSA) is 87.1 Å². The number of carbonyl (C=O) groups excluding carboxylic acids is 1. The summed E-state index contributed by atoms with van der Waals surface area (Å²) in [6, 6.07) is 0. The first-order valence-electron chi connectivity index (χ1n) is 8.93. The van der Waals surface area contributed by atoms with Gasteiger partial charge in [-0.1, -0.05) is 19.8 Å². The first kappa shape index (κ1) is 21.3. The quantitative estimate of drug-likeness (QED) is 0.462. The number of unbranched alkanes of at least 4 members (excludes halogenated alkanes) is 3. The SMILES string of the molecule is CCCOCC(O)CCC1SCC(=O)N1CCCCCCC(=O)O. The van der Waals surface area contributed by atoms with Crippen LogP contribution in [0.15, 0.2) is 0 Å². The molecule has 1 aliphatic heterocycles. The third kappa shape index (κ3) is 8.89. The van der Waals surface area contributed by atoms with E-state index < -0.39 is 12.1 Å². The van der Waals surface area contributed by atoms with Crippen molar-refractivity contribution in [2.24, 2.45) is 0 Å². The van der Waals surface area contributed by atoms with Crippen LogP contribution in [0.1, 0.15) is 58.3 Å². The number of thioether (sulfide) groups is 1. The van der Waals surface area contributed by atoms with Crippen molar-refractivity contribution in [3.8, 4) is 0 Å². The summed E-state index contributed by atoms with van der Waals surface area (Å²) in [5, 5.41) is 18.7. The van der Waals surface area contributed by atoms with E-state index in [4.69, 9.17) is 9.84 Å². The molecule has 0 saturated carbocycles. The Morgan fingerprint density at radius 2 is 2.12 bits per heavy atom.